The number of aromatic nitrogens is 2. The zero-order valence-electron chi connectivity index (χ0n) is 18.3. The quantitative estimate of drug-likeness (QED) is 0.591. The van der Waals surface area contributed by atoms with Crippen molar-refractivity contribution in [3.8, 4) is 0 Å². The third-order valence-electron chi connectivity index (χ3n) is 6.24. The van der Waals surface area contributed by atoms with E-state index in [0.29, 0.717) is 30.3 Å². The number of carbonyl (C=O) groups excluding carboxylic acids is 2. The van der Waals surface area contributed by atoms with E-state index >= 15 is 0 Å². The third-order valence-corrected chi connectivity index (χ3v) is 7.54. The normalized spacial score (nSPS) is 15.5. The summed E-state index contributed by atoms with van der Waals surface area (Å²) in [5.41, 5.74) is 3.21. The molecule has 2 aromatic heterocycles. The molecule has 0 radical (unpaired) electrons. The van der Waals surface area contributed by atoms with Crippen molar-refractivity contribution in [1.82, 2.24) is 14.9 Å². The van der Waals surface area contributed by atoms with Crippen LogP contribution >= 0.6 is 22.9 Å². The first kappa shape index (κ1) is 21.9. The number of thiophene rings is 1. The number of halogens is 1. The lowest BCUT2D eigenvalue weighted by atomic mass is 10.0. The molecule has 4 heterocycles. The van der Waals surface area contributed by atoms with E-state index in [1.165, 1.54) is 16.6 Å². The zero-order valence-corrected chi connectivity index (χ0v) is 19.9. The number of nitrogens with zero attached hydrogens (tertiary/aromatic N) is 4. The van der Waals surface area contributed by atoms with E-state index < -0.39 is 5.91 Å². The maximum absolute atomic E-state index is 13.3. The Bertz CT molecular complexity index is 1220. The molecule has 9 heteroatoms. The van der Waals surface area contributed by atoms with Crippen LogP contribution in [0.2, 0.25) is 5.02 Å². The second kappa shape index (κ2) is 9.11. The van der Waals surface area contributed by atoms with Gasteiger partial charge in [-0.3, -0.25) is 9.59 Å². The van der Waals surface area contributed by atoms with Gasteiger partial charge < -0.3 is 15.1 Å². The van der Waals surface area contributed by atoms with Gasteiger partial charge in [-0.25, -0.2) is 9.97 Å². The first-order valence-electron chi connectivity index (χ1n) is 11.0. The molecule has 0 unspecified atom stereocenters. The molecule has 2 amide bonds. The van der Waals surface area contributed by atoms with Gasteiger partial charge >= 0.3 is 0 Å². The second-order valence-electron chi connectivity index (χ2n) is 8.34. The minimum Gasteiger partial charge on any atom is -0.341 e. The number of amides is 2. The van der Waals surface area contributed by atoms with E-state index in [1.807, 2.05) is 11.8 Å². The molecule has 170 valence electrons. The fourth-order valence-electron chi connectivity index (χ4n) is 4.36. The lowest BCUT2D eigenvalue weighted by Gasteiger charge is -2.28. The number of hydrogen-bond donors (Lipinski definition) is 1. The molecule has 5 rings (SSSR count). The van der Waals surface area contributed by atoms with E-state index in [-0.39, 0.29) is 16.6 Å². The second-order valence-corrected chi connectivity index (χ2v) is 9.75. The molecule has 0 bridgehead atoms. The van der Waals surface area contributed by atoms with Crippen LogP contribution < -0.4 is 10.2 Å². The van der Waals surface area contributed by atoms with E-state index in [9.17, 15) is 9.59 Å². The van der Waals surface area contributed by atoms with E-state index in [2.05, 4.69) is 31.6 Å². The molecule has 1 N–H and O–H groups in total. The van der Waals surface area contributed by atoms with Crippen molar-refractivity contribution in [1.29, 1.82) is 0 Å². The highest BCUT2D eigenvalue weighted by molar-refractivity contribution is 7.10. The Kier molecular flexibility index (Phi) is 6.03. The average molecular weight is 482 g/mol. The largest absolute Gasteiger partial charge is 0.341 e. The van der Waals surface area contributed by atoms with E-state index in [4.69, 9.17) is 11.6 Å². The summed E-state index contributed by atoms with van der Waals surface area (Å²) in [5, 5.41) is 5.17. The van der Waals surface area contributed by atoms with Crippen LogP contribution in [0.25, 0.3) is 0 Å². The van der Waals surface area contributed by atoms with Gasteiger partial charge in [-0.2, -0.15) is 0 Å². The Morgan fingerprint density at radius 1 is 1.15 bits per heavy atom. The number of hydrogen-bond acceptors (Lipinski definition) is 6. The maximum Gasteiger partial charge on any atom is 0.276 e. The maximum atomic E-state index is 13.3. The van der Waals surface area contributed by atoms with Crippen LogP contribution in [0.5, 0.6) is 0 Å². The van der Waals surface area contributed by atoms with Gasteiger partial charge in [-0.15, -0.1) is 11.3 Å². The summed E-state index contributed by atoms with van der Waals surface area (Å²) in [6, 6.07) is 7.46. The van der Waals surface area contributed by atoms with Crippen LogP contribution in [0.3, 0.4) is 0 Å². The van der Waals surface area contributed by atoms with Gasteiger partial charge in [0.2, 0.25) is 5.95 Å². The van der Waals surface area contributed by atoms with Crippen molar-refractivity contribution >= 4 is 46.4 Å². The van der Waals surface area contributed by atoms with Gasteiger partial charge in [0.05, 0.1) is 11.2 Å². The molecule has 2 aliphatic heterocycles. The summed E-state index contributed by atoms with van der Waals surface area (Å²) in [6.45, 7) is 4.90. The molecule has 0 saturated carbocycles. The predicted molar refractivity (Wildman–Crippen MR) is 130 cm³/mol. The van der Waals surface area contributed by atoms with Gasteiger partial charge in [0.1, 0.15) is 0 Å². The van der Waals surface area contributed by atoms with Gasteiger partial charge in [0.15, 0.2) is 5.69 Å². The molecule has 1 aromatic carbocycles. The van der Waals surface area contributed by atoms with Gasteiger partial charge in [0.25, 0.3) is 11.8 Å². The van der Waals surface area contributed by atoms with E-state index in [0.717, 1.165) is 37.9 Å². The minimum atomic E-state index is -0.420. The highest BCUT2D eigenvalue weighted by Crippen LogP contribution is 2.28. The smallest absolute Gasteiger partial charge is 0.276 e. The summed E-state index contributed by atoms with van der Waals surface area (Å²) >= 11 is 8.00. The van der Waals surface area contributed by atoms with Crippen molar-refractivity contribution in [3.63, 3.8) is 0 Å². The third kappa shape index (κ3) is 4.32. The summed E-state index contributed by atoms with van der Waals surface area (Å²) < 4.78 is 0. The van der Waals surface area contributed by atoms with Crippen molar-refractivity contribution < 1.29 is 9.59 Å². The number of nitrogens with one attached hydrogen (secondary N) is 1. The number of benzene rings is 1. The molecule has 0 spiro atoms. The lowest BCUT2D eigenvalue weighted by molar-refractivity contribution is 0.0735. The van der Waals surface area contributed by atoms with Gasteiger partial charge in [0, 0.05) is 42.3 Å². The van der Waals surface area contributed by atoms with Crippen LogP contribution in [0.4, 0.5) is 11.6 Å². The highest BCUT2D eigenvalue weighted by Gasteiger charge is 2.25. The monoisotopic (exact) mass is 481 g/mol. The van der Waals surface area contributed by atoms with Crippen LogP contribution in [0.15, 0.2) is 35.8 Å². The van der Waals surface area contributed by atoms with Gasteiger partial charge in [-0.1, -0.05) is 17.7 Å². The summed E-state index contributed by atoms with van der Waals surface area (Å²) in [4.78, 5) is 40.3. The average Bonchev–Trinajstić information content (AvgIpc) is 3.52. The molecular formula is C24H24ClN5O2S. The summed E-state index contributed by atoms with van der Waals surface area (Å²) in [7, 11) is 0. The number of anilines is 2. The highest BCUT2D eigenvalue weighted by atomic mass is 35.5. The molecule has 1 saturated heterocycles. The minimum absolute atomic E-state index is 0.0307. The Hall–Kier alpha value is -2.97. The van der Waals surface area contributed by atoms with Crippen molar-refractivity contribution in [2.45, 2.75) is 32.7 Å². The molecule has 0 aliphatic carbocycles. The molecule has 1 fully saturated rings. The van der Waals surface area contributed by atoms with E-state index in [1.54, 1.807) is 29.5 Å². The van der Waals surface area contributed by atoms with Crippen molar-refractivity contribution in [3.05, 3.63) is 68.1 Å². The summed E-state index contributed by atoms with van der Waals surface area (Å²) in [5.74, 6) is 0.0638. The molecule has 7 nitrogen and oxygen atoms in total. The SMILES string of the molecule is Cc1c(NC(=O)c2nc(N3CCCC3)ncc2Cl)cccc1C(=O)N1CCc2sccc2C1. The van der Waals surface area contributed by atoms with Crippen LogP contribution in [-0.4, -0.2) is 46.3 Å². The Morgan fingerprint density at radius 2 is 1.97 bits per heavy atom. The predicted octanol–water partition coefficient (Wildman–Crippen LogP) is 4.55. The molecule has 3 aromatic rings. The first-order valence-corrected chi connectivity index (χ1v) is 12.3. The number of carbonyl (C=O) groups is 2. The Labute approximate surface area is 201 Å². The van der Waals surface area contributed by atoms with Crippen LogP contribution in [0, 0.1) is 6.92 Å². The fourth-order valence-corrected chi connectivity index (χ4v) is 5.43. The summed E-state index contributed by atoms with van der Waals surface area (Å²) in [6.07, 6.45) is 4.51. The van der Waals surface area contributed by atoms with Crippen LogP contribution in [-0.2, 0) is 13.0 Å². The van der Waals surface area contributed by atoms with Crippen molar-refractivity contribution in [2.75, 3.05) is 29.9 Å². The standard InChI is InChI=1S/C24H24ClN5O2S/c1-15-17(23(32)30-11-7-20-16(14-30)8-12-33-20)5-4-6-19(15)27-22(31)21-18(25)13-26-24(28-21)29-9-2-3-10-29/h4-6,8,12-13H,2-3,7,9-11,14H2,1H3,(H,27,31). The Balaban J connectivity index is 1.36. The molecule has 2 aliphatic rings. The zero-order chi connectivity index (χ0) is 22.9. The lowest BCUT2D eigenvalue weighted by Crippen LogP contribution is -2.35. The van der Waals surface area contributed by atoms with Crippen molar-refractivity contribution in [2.24, 2.45) is 0 Å². The fraction of sp³-hybridized carbons (Fsp3) is 0.333. The molecule has 33 heavy (non-hydrogen) atoms. The topological polar surface area (TPSA) is 78.4 Å². The first-order chi connectivity index (χ1) is 16.0. The van der Waals surface area contributed by atoms with Crippen LogP contribution in [0.1, 0.15) is 49.7 Å². The molecule has 0 atom stereocenters. The Morgan fingerprint density at radius 3 is 2.79 bits per heavy atom. The number of fused-ring (bicyclic) bond motifs is 1. The number of rotatable bonds is 4. The van der Waals surface area contributed by atoms with Gasteiger partial charge in [-0.05, 0) is 60.9 Å². The molecular weight excluding hydrogens is 458 g/mol.